The number of phenols is 1. The average molecular weight is 620 g/mol. The van der Waals surface area contributed by atoms with E-state index in [1.54, 1.807) is 29.3 Å². The van der Waals surface area contributed by atoms with Crippen molar-refractivity contribution >= 4 is 39.6 Å². The Morgan fingerprint density at radius 3 is 2.65 bits per heavy atom. The Morgan fingerprint density at radius 2 is 1.93 bits per heavy atom. The number of carbonyl (C=O) groups excluding carboxylic acids is 1. The molecule has 2 bridgehead atoms. The lowest BCUT2D eigenvalue weighted by atomic mass is 9.95. The van der Waals surface area contributed by atoms with Gasteiger partial charge in [0.2, 0.25) is 0 Å². The zero-order chi connectivity index (χ0) is 31.6. The lowest BCUT2D eigenvalue weighted by Crippen LogP contribution is -2.56. The molecule has 8 rings (SSSR count). The van der Waals surface area contributed by atoms with Gasteiger partial charge in [-0.15, -0.1) is 6.42 Å². The number of hydrogen-bond donors (Lipinski definition) is 2. The molecule has 6 heterocycles. The SMILES string of the molecule is C#Cc1cccc2cc(O)cc(-c3ncc4c(N5CC6CCC(C5)N6C(=O)C=N)nc(OCC56CCCN5CCC6)nc4c3F)c12. The predicted molar refractivity (Wildman–Crippen MR) is 173 cm³/mol. The van der Waals surface area contributed by atoms with Gasteiger partial charge in [0.1, 0.15) is 29.4 Å². The maximum absolute atomic E-state index is 16.9. The summed E-state index contributed by atoms with van der Waals surface area (Å²) in [7, 11) is 0. The molecule has 0 radical (unpaired) electrons. The molecule has 2 aromatic heterocycles. The van der Waals surface area contributed by atoms with Gasteiger partial charge in [-0.25, -0.2) is 4.39 Å². The van der Waals surface area contributed by atoms with Crippen LogP contribution >= 0.6 is 0 Å². The van der Waals surface area contributed by atoms with Crippen molar-refractivity contribution < 1.29 is 19.0 Å². The summed E-state index contributed by atoms with van der Waals surface area (Å²) >= 11 is 0. The summed E-state index contributed by atoms with van der Waals surface area (Å²) in [5, 5.41) is 19.8. The van der Waals surface area contributed by atoms with Gasteiger partial charge in [-0.1, -0.05) is 18.1 Å². The molecule has 234 valence electrons. The number of aromatic nitrogens is 3. The first kappa shape index (κ1) is 28.6. The molecule has 2 atom stereocenters. The van der Waals surface area contributed by atoms with Gasteiger partial charge >= 0.3 is 6.01 Å². The lowest BCUT2D eigenvalue weighted by Gasteiger charge is -2.41. The number of halogens is 1. The first-order valence-corrected chi connectivity index (χ1v) is 15.9. The molecule has 4 fully saturated rings. The summed E-state index contributed by atoms with van der Waals surface area (Å²) in [6.45, 7) is 3.51. The molecule has 4 aliphatic rings. The van der Waals surface area contributed by atoms with Crippen molar-refractivity contribution in [3.8, 4) is 35.4 Å². The Bertz CT molecular complexity index is 1930. The number of ether oxygens (including phenoxy) is 1. The van der Waals surface area contributed by atoms with Crippen molar-refractivity contribution in [2.75, 3.05) is 37.7 Å². The maximum Gasteiger partial charge on any atom is 0.319 e. The second-order valence-corrected chi connectivity index (χ2v) is 12.9. The first-order chi connectivity index (χ1) is 22.4. The zero-order valence-electron chi connectivity index (χ0n) is 25.4. The highest BCUT2D eigenvalue weighted by molar-refractivity contribution is 6.25. The van der Waals surface area contributed by atoms with Crippen molar-refractivity contribution in [3.63, 3.8) is 0 Å². The minimum atomic E-state index is -0.660. The molecular weight excluding hydrogens is 585 g/mol. The molecule has 11 heteroatoms. The number of amides is 1. The van der Waals surface area contributed by atoms with E-state index in [2.05, 4.69) is 25.7 Å². The van der Waals surface area contributed by atoms with Crippen LogP contribution in [-0.4, -0.2) is 92.4 Å². The van der Waals surface area contributed by atoms with Gasteiger partial charge in [-0.3, -0.25) is 14.7 Å². The Morgan fingerprint density at radius 1 is 1.17 bits per heavy atom. The third kappa shape index (κ3) is 4.46. The molecule has 2 unspecified atom stereocenters. The molecular formula is C35H34FN7O3. The smallest absolute Gasteiger partial charge is 0.319 e. The predicted octanol–water partition coefficient (Wildman–Crippen LogP) is 4.51. The number of fused-ring (bicyclic) bond motifs is 5. The lowest BCUT2D eigenvalue weighted by molar-refractivity contribution is -0.126. The first-order valence-electron chi connectivity index (χ1n) is 15.9. The molecule has 4 aromatic rings. The fraction of sp³-hybridized carbons (Fsp3) is 0.400. The van der Waals surface area contributed by atoms with Crippen LogP contribution in [0.2, 0.25) is 0 Å². The number of anilines is 1. The third-order valence-corrected chi connectivity index (χ3v) is 10.5. The molecule has 10 nitrogen and oxygen atoms in total. The number of nitrogens with zero attached hydrogens (tertiary/aromatic N) is 6. The Kier molecular flexibility index (Phi) is 6.79. The molecule has 0 spiro atoms. The van der Waals surface area contributed by atoms with Crippen molar-refractivity contribution in [1.82, 2.24) is 24.8 Å². The van der Waals surface area contributed by atoms with Crippen LogP contribution in [0.5, 0.6) is 11.8 Å². The number of benzene rings is 2. The number of phenolic OH excluding ortho intramolecular Hbond substituents is 1. The molecule has 0 saturated carbocycles. The van der Waals surface area contributed by atoms with E-state index in [1.807, 2.05) is 6.07 Å². The largest absolute Gasteiger partial charge is 0.508 e. The molecule has 2 N–H and O–H groups in total. The quantitative estimate of drug-likeness (QED) is 0.239. The van der Waals surface area contributed by atoms with Crippen LogP contribution in [0.1, 0.15) is 44.1 Å². The average Bonchev–Trinajstić information content (AvgIpc) is 3.73. The van der Waals surface area contributed by atoms with E-state index in [0.717, 1.165) is 57.8 Å². The number of rotatable bonds is 6. The van der Waals surface area contributed by atoms with Crippen LogP contribution in [0.3, 0.4) is 0 Å². The fourth-order valence-electron chi connectivity index (χ4n) is 8.40. The van der Waals surface area contributed by atoms with Crippen LogP contribution in [0.4, 0.5) is 10.2 Å². The minimum absolute atomic E-state index is 0.0181. The van der Waals surface area contributed by atoms with Crippen LogP contribution in [-0.2, 0) is 4.79 Å². The summed E-state index contributed by atoms with van der Waals surface area (Å²) in [5.41, 5.74) is 0.964. The molecule has 2 aromatic carbocycles. The summed E-state index contributed by atoms with van der Waals surface area (Å²) in [5.74, 6) is 2.20. The van der Waals surface area contributed by atoms with Gasteiger partial charge in [0.15, 0.2) is 5.82 Å². The normalized spacial score (nSPS) is 21.9. The summed E-state index contributed by atoms with van der Waals surface area (Å²) in [6, 6.07) is 8.40. The Hall–Kier alpha value is -4.82. The topological polar surface area (TPSA) is 119 Å². The van der Waals surface area contributed by atoms with Crippen LogP contribution in [0, 0.1) is 23.6 Å². The minimum Gasteiger partial charge on any atom is -0.508 e. The number of terminal acetylenes is 1. The zero-order valence-corrected chi connectivity index (χ0v) is 25.4. The van der Waals surface area contributed by atoms with E-state index in [9.17, 15) is 9.90 Å². The summed E-state index contributed by atoms with van der Waals surface area (Å²) in [6.07, 6.45) is 14.3. The number of hydrogen-bond acceptors (Lipinski definition) is 9. The molecule has 1 amide bonds. The highest BCUT2D eigenvalue weighted by Gasteiger charge is 2.46. The van der Waals surface area contributed by atoms with E-state index < -0.39 is 5.82 Å². The van der Waals surface area contributed by atoms with Gasteiger partial charge in [0.05, 0.1) is 29.2 Å². The van der Waals surface area contributed by atoms with E-state index in [-0.39, 0.29) is 46.5 Å². The Labute approximate surface area is 265 Å². The van der Waals surface area contributed by atoms with Gasteiger partial charge in [0, 0.05) is 35.8 Å². The summed E-state index contributed by atoms with van der Waals surface area (Å²) < 4.78 is 23.2. The van der Waals surface area contributed by atoms with E-state index in [0.29, 0.717) is 52.8 Å². The summed E-state index contributed by atoms with van der Waals surface area (Å²) in [4.78, 5) is 33.0. The Balaban J connectivity index is 1.26. The van der Waals surface area contributed by atoms with E-state index in [4.69, 9.17) is 21.6 Å². The fourth-order valence-corrected chi connectivity index (χ4v) is 8.40. The number of piperazine rings is 1. The van der Waals surface area contributed by atoms with Crippen molar-refractivity contribution in [2.24, 2.45) is 0 Å². The monoisotopic (exact) mass is 619 g/mol. The van der Waals surface area contributed by atoms with E-state index >= 15 is 4.39 Å². The van der Waals surface area contributed by atoms with Gasteiger partial charge < -0.3 is 25.1 Å². The third-order valence-electron chi connectivity index (χ3n) is 10.5. The van der Waals surface area contributed by atoms with Gasteiger partial charge in [-0.2, -0.15) is 9.97 Å². The highest BCUT2D eigenvalue weighted by atomic mass is 19.1. The van der Waals surface area contributed by atoms with Crippen molar-refractivity contribution in [3.05, 3.63) is 47.9 Å². The standard InChI is InChI=1S/C35H34FN7O3/c1-2-21-6-3-7-22-14-25(44)15-26(29(21)22)31-30(36)32-27(17-38-31)33(41-18-23-8-9-24(19-41)43(23)28(45)16-37)40-34(39-32)46-20-35-10-4-12-42(35)13-5-11-35/h1,3,6-7,14-17,23-24,37,44H,4-5,8-13,18-20H2. The highest BCUT2D eigenvalue weighted by Crippen LogP contribution is 2.41. The van der Waals surface area contributed by atoms with Crippen molar-refractivity contribution in [1.29, 1.82) is 5.41 Å². The number of nitrogens with one attached hydrogen (secondary N) is 1. The number of carbonyl (C=O) groups is 1. The van der Waals surface area contributed by atoms with Gasteiger partial charge in [0.25, 0.3) is 5.91 Å². The second-order valence-electron chi connectivity index (χ2n) is 12.9. The molecule has 4 aliphatic heterocycles. The van der Waals surface area contributed by atoms with Crippen LogP contribution in [0.15, 0.2) is 36.5 Å². The molecule has 46 heavy (non-hydrogen) atoms. The number of pyridine rings is 1. The molecule has 0 aliphatic carbocycles. The van der Waals surface area contributed by atoms with Crippen molar-refractivity contribution in [2.45, 2.75) is 56.1 Å². The second kappa shape index (κ2) is 10.9. The van der Waals surface area contributed by atoms with Crippen LogP contribution in [0.25, 0.3) is 32.9 Å². The molecule has 4 saturated heterocycles. The maximum atomic E-state index is 16.9. The van der Waals surface area contributed by atoms with Gasteiger partial charge in [-0.05, 0) is 75.2 Å². The van der Waals surface area contributed by atoms with E-state index in [1.165, 1.54) is 6.07 Å². The van der Waals surface area contributed by atoms with Crippen LogP contribution < -0.4 is 9.64 Å². The number of aromatic hydroxyl groups is 1.